The monoisotopic (exact) mass is 384 g/mol. The molecule has 0 radical (unpaired) electrons. The van der Waals surface area contributed by atoms with E-state index in [2.05, 4.69) is 10.3 Å². The number of nitrogens with one attached hydrogen (secondary N) is 1. The van der Waals surface area contributed by atoms with E-state index in [0.29, 0.717) is 5.13 Å². The largest absolute Gasteiger partial charge is 0.490 e. The Morgan fingerprint density at radius 3 is 2.96 bits per heavy atom. The van der Waals surface area contributed by atoms with Gasteiger partial charge in [-0.1, -0.05) is 0 Å². The predicted molar refractivity (Wildman–Crippen MR) is 97.0 cm³/mol. The third-order valence-corrected chi connectivity index (χ3v) is 4.87. The number of ether oxygens (including phenoxy) is 1. The van der Waals surface area contributed by atoms with E-state index in [1.807, 2.05) is 0 Å². The van der Waals surface area contributed by atoms with E-state index in [-0.39, 0.29) is 35.4 Å². The summed E-state index contributed by atoms with van der Waals surface area (Å²) in [6, 6.07) is 4.12. The number of nitro groups is 1. The molecule has 1 atom stereocenters. The Morgan fingerprint density at radius 1 is 1.52 bits per heavy atom. The number of hydrogen-bond donors (Lipinski definition) is 2. The zero-order valence-electron chi connectivity index (χ0n) is 13.4. The molecule has 1 heterocycles. The van der Waals surface area contributed by atoms with E-state index in [4.69, 9.17) is 10.5 Å². The molecule has 1 aliphatic rings. The molecule has 2 aromatic rings. The zero-order valence-corrected chi connectivity index (χ0v) is 15.0. The quantitative estimate of drug-likeness (QED) is 0.617. The molecule has 1 amide bonds. The number of aromatic nitrogens is 1. The summed E-state index contributed by atoms with van der Waals surface area (Å²) in [5.74, 6) is -0.351. The van der Waals surface area contributed by atoms with Crippen LogP contribution in [0.3, 0.4) is 0 Å². The summed E-state index contributed by atoms with van der Waals surface area (Å²) in [4.78, 5) is 28.2. The van der Waals surface area contributed by atoms with Gasteiger partial charge in [-0.15, -0.1) is 23.7 Å². The van der Waals surface area contributed by atoms with Crippen LogP contribution >= 0.6 is 23.7 Å². The maximum Gasteiger partial charge on any atom is 0.310 e. The van der Waals surface area contributed by atoms with Crippen LogP contribution in [0.2, 0.25) is 0 Å². The lowest BCUT2D eigenvalue weighted by atomic mass is 9.99. The second kappa shape index (κ2) is 7.77. The first-order valence-corrected chi connectivity index (χ1v) is 8.17. The van der Waals surface area contributed by atoms with Crippen molar-refractivity contribution >= 4 is 40.5 Å². The van der Waals surface area contributed by atoms with Crippen LogP contribution in [0.25, 0.3) is 0 Å². The molecule has 0 fully saturated rings. The summed E-state index contributed by atoms with van der Waals surface area (Å²) in [6.45, 7) is 0. The SMILES string of the molecule is COc1cc(C(=O)Nc2nc3c(s2)C[C@@H](N)CC3)ccc1[N+](=O)[O-].Cl. The fraction of sp³-hybridized carbons (Fsp3) is 0.333. The molecule has 1 aliphatic carbocycles. The maximum absolute atomic E-state index is 12.3. The van der Waals surface area contributed by atoms with Gasteiger partial charge in [0.05, 0.1) is 17.7 Å². The summed E-state index contributed by atoms with van der Waals surface area (Å²) in [5, 5.41) is 14.1. The summed E-state index contributed by atoms with van der Waals surface area (Å²) in [5.41, 5.74) is 7.01. The molecule has 0 bridgehead atoms. The second-order valence-electron chi connectivity index (χ2n) is 5.49. The Hall–Kier alpha value is -2.23. The Bertz CT molecular complexity index is 811. The third-order valence-electron chi connectivity index (χ3n) is 3.84. The van der Waals surface area contributed by atoms with Gasteiger partial charge in [0, 0.05) is 28.6 Å². The molecule has 8 nitrogen and oxygen atoms in total. The number of thiazole rings is 1. The summed E-state index contributed by atoms with van der Waals surface area (Å²) in [7, 11) is 1.32. The minimum Gasteiger partial charge on any atom is -0.490 e. The van der Waals surface area contributed by atoms with E-state index in [0.717, 1.165) is 29.8 Å². The molecule has 0 saturated heterocycles. The average Bonchev–Trinajstić information content (AvgIpc) is 2.95. The first kappa shape index (κ1) is 19.1. The number of fused-ring (bicyclic) bond motifs is 1. The van der Waals surface area contributed by atoms with Crippen molar-refractivity contribution in [3.63, 3.8) is 0 Å². The Morgan fingerprint density at radius 2 is 2.28 bits per heavy atom. The third kappa shape index (κ3) is 4.06. The highest BCUT2D eigenvalue weighted by Crippen LogP contribution is 2.31. The van der Waals surface area contributed by atoms with E-state index in [9.17, 15) is 14.9 Å². The molecule has 3 N–H and O–H groups in total. The van der Waals surface area contributed by atoms with Crippen molar-refractivity contribution in [2.45, 2.75) is 25.3 Å². The molecule has 0 unspecified atom stereocenters. The number of anilines is 1. The Labute approximate surface area is 154 Å². The molecule has 0 aliphatic heterocycles. The molecule has 0 saturated carbocycles. The van der Waals surface area contributed by atoms with Gasteiger partial charge in [0.15, 0.2) is 10.9 Å². The highest BCUT2D eigenvalue weighted by molar-refractivity contribution is 7.15. The van der Waals surface area contributed by atoms with Crippen LogP contribution in [0.4, 0.5) is 10.8 Å². The van der Waals surface area contributed by atoms with Gasteiger partial charge in [0.2, 0.25) is 0 Å². The minimum atomic E-state index is -0.557. The van der Waals surface area contributed by atoms with Gasteiger partial charge in [-0.2, -0.15) is 0 Å². The molecule has 25 heavy (non-hydrogen) atoms. The predicted octanol–water partition coefficient (Wildman–Crippen LogP) is 2.55. The van der Waals surface area contributed by atoms with Gasteiger partial charge in [0.1, 0.15) is 0 Å². The van der Waals surface area contributed by atoms with Crippen molar-refractivity contribution < 1.29 is 14.5 Å². The van der Waals surface area contributed by atoms with Crippen molar-refractivity contribution in [3.05, 3.63) is 44.4 Å². The smallest absolute Gasteiger partial charge is 0.310 e. The molecular formula is C15H17ClN4O4S. The van der Waals surface area contributed by atoms with Gasteiger partial charge in [0.25, 0.3) is 5.91 Å². The number of rotatable bonds is 4. The number of amides is 1. The molecule has 1 aromatic carbocycles. The van der Waals surface area contributed by atoms with Crippen molar-refractivity contribution in [1.29, 1.82) is 0 Å². The van der Waals surface area contributed by atoms with Crippen LogP contribution in [-0.4, -0.2) is 29.0 Å². The van der Waals surface area contributed by atoms with Crippen LogP contribution < -0.4 is 15.8 Å². The summed E-state index contributed by atoms with van der Waals surface area (Å²) < 4.78 is 4.98. The maximum atomic E-state index is 12.3. The highest BCUT2D eigenvalue weighted by atomic mass is 35.5. The molecule has 3 rings (SSSR count). The first-order valence-electron chi connectivity index (χ1n) is 7.36. The van der Waals surface area contributed by atoms with E-state index in [1.54, 1.807) is 0 Å². The lowest BCUT2D eigenvalue weighted by Crippen LogP contribution is -2.27. The molecular weight excluding hydrogens is 368 g/mol. The average molecular weight is 385 g/mol. The van der Waals surface area contributed by atoms with Gasteiger partial charge < -0.3 is 10.5 Å². The van der Waals surface area contributed by atoms with Crippen LogP contribution in [0.5, 0.6) is 5.75 Å². The molecule has 0 spiro atoms. The second-order valence-corrected chi connectivity index (χ2v) is 6.57. The zero-order chi connectivity index (χ0) is 17.3. The Balaban J connectivity index is 0.00000225. The standard InChI is InChI=1S/C15H16N4O4S.ClH/c1-23-12-6-8(2-5-11(12)19(21)22)14(20)18-15-17-10-4-3-9(16)7-13(10)24-15;/h2,5-6,9H,3-4,7,16H2,1H3,(H,17,18,20);1H/t9-;/m0./s1. The number of hydrogen-bond acceptors (Lipinski definition) is 7. The minimum absolute atomic E-state index is 0. The Kier molecular flexibility index (Phi) is 5.93. The van der Waals surface area contributed by atoms with Crippen molar-refractivity contribution in [1.82, 2.24) is 4.98 Å². The van der Waals surface area contributed by atoms with Gasteiger partial charge in [-0.25, -0.2) is 4.98 Å². The number of benzene rings is 1. The number of methoxy groups -OCH3 is 1. The number of nitrogens with two attached hydrogens (primary N) is 1. The first-order chi connectivity index (χ1) is 11.5. The topological polar surface area (TPSA) is 120 Å². The van der Waals surface area contributed by atoms with Crippen LogP contribution in [0.1, 0.15) is 27.3 Å². The number of carbonyl (C=O) groups is 1. The number of nitro benzene ring substituents is 1. The summed E-state index contributed by atoms with van der Waals surface area (Å²) >= 11 is 1.42. The number of aryl methyl sites for hydroxylation is 1. The lowest BCUT2D eigenvalue weighted by molar-refractivity contribution is -0.385. The highest BCUT2D eigenvalue weighted by Gasteiger charge is 2.22. The lowest BCUT2D eigenvalue weighted by Gasteiger charge is -2.15. The molecule has 1 aromatic heterocycles. The molecule has 134 valence electrons. The van der Waals surface area contributed by atoms with Gasteiger partial charge >= 0.3 is 5.69 Å². The van der Waals surface area contributed by atoms with E-state index in [1.165, 1.54) is 36.6 Å². The van der Waals surface area contributed by atoms with Gasteiger partial charge in [-0.3, -0.25) is 20.2 Å². The number of carbonyl (C=O) groups excluding carboxylic acids is 1. The van der Waals surface area contributed by atoms with Crippen LogP contribution in [0.15, 0.2) is 18.2 Å². The van der Waals surface area contributed by atoms with Crippen molar-refractivity contribution in [3.8, 4) is 5.75 Å². The number of nitrogens with zero attached hydrogens (tertiary/aromatic N) is 2. The summed E-state index contributed by atoms with van der Waals surface area (Å²) in [6.07, 6.45) is 2.48. The van der Waals surface area contributed by atoms with Crippen LogP contribution in [0, 0.1) is 10.1 Å². The van der Waals surface area contributed by atoms with Gasteiger partial charge in [-0.05, 0) is 25.3 Å². The van der Waals surface area contributed by atoms with Crippen molar-refractivity contribution in [2.75, 3.05) is 12.4 Å². The van der Waals surface area contributed by atoms with E-state index < -0.39 is 10.8 Å². The molecule has 10 heteroatoms. The van der Waals surface area contributed by atoms with Crippen molar-refractivity contribution in [2.24, 2.45) is 5.73 Å². The fourth-order valence-corrected chi connectivity index (χ4v) is 3.69. The van der Waals surface area contributed by atoms with Crippen LogP contribution in [-0.2, 0) is 12.8 Å². The van der Waals surface area contributed by atoms with E-state index >= 15 is 0 Å². The fourth-order valence-electron chi connectivity index (χ4n) is 2.59. The number of halogens is 1. The normalized spacial score (nSPS) is 15.7.